The number of hydrogen-bond acceptors (Lipinski definition) is 4. The molecule has 1 saturated carbocycles. The van der Waals surface area contributed by atoms with Gasteiger partial charge in [0.25, 0.3) is 0 Å². The number of nitrogens with zero attached hydrogens (tertiary/aromatic N) is 3. The highest BCUT2D eigenvalue weighted by Crippen LogP contribution is 2.27. The van der Waals surface area contributed by atoms with Crippen LogP contribution in [-0.2, 0) is 13.1 Å². The SMILES string of the molecule is CSC1CCC(NC(=O)NCc2ccc(Cn3cncn3)cc2)C1. The van der Waals surface area contributed by atoms with Gasteiger partial charge >= 0.3 is 6.03 Å². The summed E-state index contributed by atoms with van der Waals surface area (Å²) in [6.45, 7) is 1.24. The molecule has 2 atom stereocenters. The predicted molar refractivity (Wildman–Crippen MR) is 95.9 cm³/mol. The van der Waals surface area contributed by atoms with Crippen LogP contribution in [0.25, 0.3) is 0 Å². The highest BCUT2D eigenvalue weighted by molar-refractivity contribution is 7.99. The molecule has 24 heavy (non-hydrogen) atoms. The van der Waals surface area contributed by atoms with E-state index >= 15 is 0 Å². The average molecular weight is 345 g/mol. The maximum absolute atomic E-state index is 12.0. The van der Waals surface area contributed by atoms with Crippen molar-refractivity contribution < 1.29 is 4.79 Å². The summed E-state index contributed by atoms with van der Waals surface area (Å²) in [5, 5.41) is 10.8. The lowest BCUT2D eigenvalue weighted by Crippen LogP contribution is -2.40. The van der Waals surface area contributed by atoms with E-state index in [4.69, 9.17) is 0 Å². The number of aromatic nitrogens is 3. The topological polar surface area (TPSA) is 71.8 Å². The zero-order chi connectivity index (χ0) is 16.8. The molecule has 0 aliphatic heterocycles. The fraction of sp³-hybridized carbons (Fsp3) is 0.471. The summed E-state index contributed by atoms with van der Waals surface area (Å²) in [5.74, 6) is 0. The molecule has 1 aliphatic rings. The van der Waals surface area contributed by atoms with Gasteiger partial charge in [-0.3, -0.25) is 0 Å². The largest absolute Gasteiger partial charge is 0.335 e. The molecule has 128 valence electrons. The first-order chi connectivity index (χ1) is 11.7. The molecule has 1 heterocycles. The van der Waals surface area contributed by atoms with Crippen LogP contribution < -0.4 is 10.6 Å². The zero-order valence-electron chi connectivity index (χ0n) is 13.8. The highest BCUT2D eigenvalue weighted by atomic mass is 32.2. The Labute approximate surface area is 146 Å². The second-order valence-corrected chi connectivity index (χ2v) is 7.24. The van der Waals surface area contributed by atoms with Crippen molar-refractivity contribution in [3.63, 3.8) is 0 Å². The molecule has 3 rings (SSSR count). The Morgan fingerprint density at radius 3 is 2.75 bits per heavy atom. The summed E-state index contributed by atoms with van der Waals surface area (Å²) in [7, 11) is 0. The molecule has 6 nitrogen and oxygen atoms in total. The van der Waals surface area contributed by atoms with Gasteiger partial charge in [0, 0.05) is 17.8 Å². The summed E-state index contributed by atoms with van der Waals surface area (Å²) in [6, 6.07) is 8.41. The first-order valence-corrected chi connectivity index (χ1v) is 9.49. The first-order valence-electron chi connectivity index (χ1n) is 8.20. The van der Waals surface area contributed by atoms with Gasteiger partial charge in [0.05, 0.1) is 6.54 Å². The molecule has 1 aromatic carbocycles. The molecule has 0 spiro atoms. The molecule has 7 heteroatoms. The van der Waals surface area contributed by atoms with Gasteiger partial charge in [-0.15, -0.1) is 0 Å². The molecule has 0 saturated heterocycles. The van der Waals surface area contributed by atoms with Crippen molar-refractivity contribution in [2.75, 3.05) is 6.26 Å². The molecule has 1 aromatic heterocycles. The number of urea groups is 1. The van der Waals surface area contributed by atoms with Crippen LogP contribution in [0, 0.1) is 0 Å². The van der Waals surface area contributed by atoms with Gasteiger partial charge in [-0.1, -0.05) is 24.3 Å². The van der Waals surface area contributed by atoms with Crippen LogP contribution in [0.15, 0.2) is 36.9 Å². The van der Waals surface area contributed by atoms with E-state index in [1.165, 1.54) is 12.7 Å². The fourth-order valence-corrected chi connectivity index (χ4v) is 3.76. The van der Waals surface area contributed by atoms with Gasteiger partial charge in [-0.2, -0.15) is 16.9 Å². The lowest BCUT2D eigenvalue weighted by Gasteiger charge is -2.14. The van der Waals surface area contributed by atoms with Crippen LogP contribution >= 0.6 is 11.8 Å². The van der Waals surface area contributed by atoms with E-state index in [0.29, 0.717) is 24.4 Å². The number of hydrogen-bond donors (Lipinski definition) is 2. The Balaban J connectivity index is 1.42. The number of carbonyl (C=O) groups excluding carboxylic acids is 1. The molecule has 1 aliphatic carbocycles. The molecular weight excluding hydrogens is 322 g/mol. The Morgan fingerprint density at radius 2 is 2.08 bits per heavy atom. The number of rotatable bonds is 6. The van der Waals surface area contributed by atoms with Crippen molar-refractivity contribution >= 4 is 17.8 Å². The van der Waals surface area contributed by atoms with E-state index in [2.05, 4.69) is 39.1 Å². The second-order valence-electron chi connectivity index (χ2n) is 6.10. The van der Waals surface area contributed by atoms with Crippen molar-refractivity contribution in [3.8, 4) is 0 Å². The summed E-state index contributed by atoms with van der Waals surface area (Å²) in [4.78, 5) is 15.9. The maximum atomic E-state index is 12.0. The summed E-state index contributed by atoms with van der Waals surface area (Å²) < 4.78 is 1.78. The minimum Gasteiger partial charge on any atom is -0.335 e. The van der Waals surface area contributed by atoms with Crippen molar-refractivity contribution in [2.24, 2.45) is 0 Å². The summed E-state index contributed by atoms with van der Waals surface area (Å²) >= 11 is 1.89. The Morgan fingerprint density at radius 1 is 1.29 bits per heavy atom. The molecule has 2 N–H and O–H groups in total. The van der Waals surface area contributed by atoms with Crippen LogP contribution in [0.5, 0.6) is 0 Å². The van der Waals surface area contributed by atoms with Gasteiger partial charge in [0.15, 0.2) is 0 Å². The van der Waals surface area contributed by atoms with E-state index in [1.54, 1.807) is 11.0 Å². The quantitative estimate of drug-likeness (QED) is 0.843. The lowest BCUT2D eigenvalue weighted by atomic mass is 10.1. The monoisotopic (exact) mass is 345 g/mol. The molecule has 0 radical (unpaired) electrons. The zero-order valence-corrected chi connectivity index (χ0v) is 14.6. The summed E-state index contributed by atoms with van der Waals surface area (Å²) in [6.07, 6.45) is 8.72. The smallest absolute Gasteiger partial charge is 0.315 e. The Bertz CT molecular complexity index is 644. The van der Waals surface area contributed by atoms with Crippen LogP contribution in [0.4, 0.5) is 4.79 Å². The van der Waals surface area contributed by atoms with Crippen molar-refractivity contribution in [1.29, 1.82) is 0 Å². The average Bonchev–Trinajstić information content (AvgIpc) is 3.26. The molecule has 1 fully saturated rings. The third kappa shape index (κ3) is 4.74. The van der Waals surface area contributed by atoms with Crippen molar-refractivity contribution in [3.05, 3.63) is 48.0 Å². The molecule has 0 bridgehead atoms. The molecular formula is C17H23N5OS. The third-order valence-electron chi connectivity index (χ3n) is 4.34. The second kappa shape index (κ2) is 8.19. The van der Waals surface area contributed by atoms with Gasteiger partial charge in [0.1, 0.15) is 12.7 Å². The number of benzene rings is 1. The van der Waals surface area contributed by atoms with E-state index < -0.39 is 0 Å². The van der Waals surface area contributed by atoms with Crippen molar-refractivity contribution in [2.45, 2.75) is 43.6 Å². The minimum absolute atomic E-state index is 0.0755. The van der Waals surface area contributed by atoms with E-state index in [0.717, 1.165) is 24.0 Å². The third-order valence-corrected chi connectivity index (χ3v) is 5.44. The Kier molecular flexibility index (Phi) is 5.74. The summed E-state index contributed by atoms with van der Waals surface area (Å²) in [5.41, 5.74) is 2.24. The number of thioether (sulfide) groups is 1. The van der Waals surface area contributed by atoms with Crippen LogP contribution in [0.2, 0.25) is 0 Å². The number of nitrogens with one attached hydrogen (secondary N) is 2. The Hall–Kier alpha value is -2.02. The number of amides is 2. The predicted octanol–water partition coefficient (Wildman–Crippen LogP) is 2.41. The van der Waals surface area contributed by atoms with Gasteiger partial charge < -0.3 is 10.6 Å². The van der Waals surface area contributed by atoms with E-state index in [9.17, 15) is 4.79 Å². The fourth-order valence-electron chi connectivity index (χ4n) is 2.97. The normalized spacial score (nSPS) is 20.0. The maximum Gasteiger partial charge on any atom is 0.315 e. The van der Waals surface area contributed by atoms with E-state index in [1.807, 2.05) is 23.9 Å². The van der Waals surface area contributed by atoms with Crippen molar-refractivity contribution in [1.82, 2.24) is 25.4 Å². The minimum atomic E-state index is -0.0755. The first kappa shape index (κ1) is 16.8. The highest BCUT2D eigenvalue weighted by Gasteiger charge is 2.24. The number of carbonyl (C=O) groups is 1. The van der Waals surface area contributed by atoms with Crippen LogP contribution in [-0.4, -0.2) is 38.3 Å². The lowest BCUT2D eigenvalue weighted by molar-refractivity contribution is 0.236. The van der Waals surface area contributed by atoms with Gasteiger partial charge in [-0.25, -0.2) is 14.5 Å². The molecule has 2 amide bonds. The molecule has 2 unspecified atom stereocenters. The van der Waals surface area contributed by atoms with E-state index in [-0.39, 0.29) is 6.03 Å². The van der Waals surface area contributed by atoms with Gasteiger partial charge in [0.2, 0.25) is 0 Å². The van der Waals surface area contributed by atoms with Crippen LogP contribution in [0.1, 0.15) is 30.4 Å². The van der Waals surface area contributed by atoms with Crippen LogP contribution in [0.3, 0.4) is 0 Å². The van der Waals surface area contributed by atoms with Gasteiger partial charge in [-0.05, 0) is 36.6 Å². The standard InChI is InChI=1S/C17H23N5OS/c1-24-16-7-6-15(8-16)21-17(23)19-9-13-2-4-14(5-3-13)10-22-12-18-11-20-22/h2-5,11-12,15-16H,6-10H2,1H3,(H2,19,21,23). The molecule has 2 aromatic rings.